The molecule has 1 saturated heterocycles. The second-order valence-corrected chi connectivity index (χ2v) is 4.36. The zero-order chi connectivity index (χ0) is 14.7. The number of carbonyl (C=O) groups is 3. The summed E-state index contributed by atoms with van der Waals surface area (Å²) in [6.45, 7) is 2.76. The van der Waals surface area contributed by atoms with Crippen LogP contribution in [0, 0.1) is 0 Å². The van der Waals surface area contributed by atoms with Gasteiger partial charge in [-0.1, -0.05) is 6.92 Å². The number of anilines is 1. The lowest BCUT2D eigenvalue weighted by molar-refractivity contribution is -0.143. The quantitative estimate of drug-likeness (QED) is 0.611. The van der Waals surface area contributed by atoms with E-state index in [1.165, 1.54) is 19.4 Å². The number of nitrogens with zero attached hydrogens (tertiary/aromatic N) is 4. The predicted molar refractivity (Wildman–Crippen MR) is 69.5 cm³/mol. The van der Waals surface area contributed by atoms with Gasteiger partial charge in [0.1, 0.15) is 5.82 Å². The number of urea groups is 1. The predicted octanol–water partition coefficient (Wildman–Crippen LogP) is 0.219. The van der Waals surface area contributed by atoms with Crippen molar-refractivity contribution in [1.82, 2.24) is 19.8 Å². The van der Waals surface area contributed by atoms with Gasteiger partial charge in [-0.15, -0.1) is 0 Å². The molecule has 1 fully saturated rings. The van der Waals surface area contributed by atoms with Gasteiger partial charge in [0.05, 0.1) is 24.6 Å². The largest absolute Gasteiger partial charge is 0.369 e. The van der Waals surface area contributed by atoms with Crippen LogP contribution in [0.4, 0.5) is 10.6 Å². The van der Waals surface area contributed by atoms with E-state index in [2.05, 4.69) is 15.3 Å². The van der Waals surface area contributed by atoms with E-state index in [-0.39, 0.29) is 6.54 Å². The van der Waals surface area contributed by atoms with Crippen molar-refractivity contribution < 1.29 is 14.4 Å². The van der Waals surface area contributed by atoms with Crippen LogP contribution < -0.4 is 5.32 Å². The summed E-state index contributed by atoms with van der Waals surface area (Å²) in [5.74, 6) is -1.04. The molecule has 0 spiro atoms. The fourth-order valence-corrected chi connectivity index (χ4v) is 1.70. The van der Waals surface area contributed by atoms with Gasteiger partial charge in [-0.25, -0.2) is 14.7 Å². The van der Waals surface area contributed by atoms with Gasteiger partial charge in [-0.05, 0) is 6.42 Å². The maximum absolute atomic E-state index is 11.7. The van der Waals surface area contributed by atoms with E-state index in [1.54, 1.807) is 0 Å². The van der Waals surface area contributed by atoms with E-state index >= 15 is 0 Å². The standard InChI is InChI=1S/C12H15N5O3/c1-3-4-13-9-6-14-8(5-15-9)7-17-11(19)10(18)16(2)12(17)20/h5-6H,3-4,7H2,1-2H3,(H,13,15). The Bertz CT molecular complexity index is 543. The molecule has 1 aliphatic heterocycles. The SMILES string of the molecule is CCCNc1cnc(CN2C(=O)C(=O)N(C)C2=O)cn1. The Labute approximate surface area is 115 Å². The number of carbonyl (C=O) groups excluding carboxylic acids is 3. The number of likely N-dealkylation sites (N-methyl/N-ethyl adjacent to an activating group) is 1. The summed E-state index contributed by atoms with van der Waals surface area (Å²) in [6.07, 6.45) is 3.97. The summed E-state index contributed by atoms with van der Waals surface area (Å²) in [6, 6.07) is -0.644. The molecule has 1 aliphatic rings. The molecular weight excluding hydrogens is 262 g/mol. The molecule has 0 unspecified atom stereocenters. The van der Waals surface area contributed by atoms with Crippen molar-refractivity contribution in [2.24, 2.45) is 0 Å². The highest BCUT2D eigenvalue weighted by Gasteiger charge is 2.42. The molecule has 0 aromatic carbocycles. The van der Waals surface area contributed by atoms with Gasteiger partial charge >= 0.3 is 17.8 Å². The van der Waals surface area contributed by atoms with Crippen molar-refractivity contribution in [3.05, 3.63) is 18.1 Å². The maximum atomic E-state index is 11.7. The lowest BCUT2D eigenvalue weighted by atomic mass is 10.4. The van der Waals surface area contributed by atoms with Crippen molar-refractivity contribution in [2.75, 3.05) is 18.9 Å². The molecule has 1 aromatic heterocycles. The Morgan fingerprint density at radius 3 is 2.40 bits per heavy atom. The van der Waals surface area contributed by atoms with Crippen LogP contribution in [0.1, 0.15) is 19.0 Å². The first-order valence-corrected chi connectivity index (χ1v) is 6.23. The van der Waals surface area contributed by atoms with Crippen LogP contribution in [0.2, 0.25) is 0 Å². The summed E-state index contributed by atoms with van der Waals surface area (Å²) in [4.78, 5) is 44.5. The number of hydrogen-bond acceptors (Lipinski definition) is 6. The highest BCUT2D eigenvalue weighted by molar-refractivity contribution is 6.44. The molecule has 1 aromatic rings. The fraction of sp³-hybridized carbons (Fsp3) is 0.417. The first-order valence-electron chi connectivity index (χ1n) is 6.23. The van der Waals surface area contributed by atoms with Gasteiger partial charge in [-0.3, -0.25) is 19.5 Å². The second kappa shape index (κ2) is 5.64. The Morgan fingerprint density at radius 1 is 1.15 bits per heavy atom. The average Bonchev–Trinajstić information content (AvgIpc) is 2.64. The normalized spacial score (nSPS) is 15.2. The zero-order valence-electron chi connectivity index (χ0n) is 11.3. The number of nitrogens with one attached hydrogen (secondary N) is 1. The minimum absolute atomic E-state index is 0.0607. The number of amides is 4. The first kappa shape index (κ1) is 13.9. The third kappa shape index (κ3) is 2.58. The Kier molecular flexibility index (Phi) is 3.92. The van der Waals surface area contributed by atoms with Gasteiger partial charge in [-0.2, -0.15) is 0 Å². The molecule has 0 aliphatic carbocycles. The molecule has 1 N–H and O–H groups in total. The van der Waals surface area contributed by atoms with Crippen molar-refractivity contribution in [3.63, 3.8) is 0 Å². The summed E-state index contributed by atoms with van der Waals surface area (Å²) >= 11 is 0. The first-order chi connectivity index (χ1) is 9.54. The molecule has 20 heavy (non-hydrogen) atoms. The van der Waals surface area contributed by atoms with E-state index < -0.39 is 17.8 Å². The smallest absolute Gasteiger partial charge is 0.334 e. The lowest BCUT2D eigenvalue weighted by Crippen LogP contribution is -2.31. The molecule has 8 heteroatoms. The van der Waals surface area contributed by atoms with Crippen LogP contribution in [0.15, 0.2) is 12.4 Å². The molecular formula is C12H15N5O3. The number of imide groups is 2. The van der Waals surface area contributed by atoms with Crippen LogP contribution >= 0.6 is 0 Å². The highest BCUT2D eigenvalue weighted by atomic mass is 16.2. The van der Waals surface area contributed by atoms with Crippen LogP contribution in [-0.2, 0) is 16.1 Å². The summed E-state index contributed by atoms with van der Waals surface area (Å²) < 4.78 is 0. The van der Waals surface area contributed by atoms with E-state index in [0.717, 1.165) is 22.8 Å². The Hall–Kier alpha value is -2.51. The molecule has 0 radical (unpaired) electrons. The molecule has 0 atom stereocenters. The van der Waals surface area contributed by atoms with Gasteiger partial charge in [0, 0.05) is 13.6 Å². The summed E-state index contributed by atoms with van der Waals surface area (Å²) in [5, 5.41) is 3.06. The second-order valence-electron chi connectivity index (χ2n) is 4.36. The van der Waals surface area contributed by atoms with Crippen LogP contribution in [-0.4, -0.2) is 51.2 Å². The topological polar surface area (TPSA) is 95.5 Å². The van der Waals surface area contributed by atoms with Crippen LogP contribution in [0.3, 0.4) is 0 Å². The van der Waals surface area contributed by atoms with Crippen LogP contribution in [0.25, 0.3) is 0 Å². The zero-order valence-corrected chi connectivity index (χ0v) is 11.3. The van der Waals surface area contributed by atoms with Gasteiger partial charge < -0.3 is 5.32 Å². The van der Waals surface area contributed by atoms with Crippen molar-refractivity contribution in [1.29, 1.82) is 0 Å². The van der Waals surface area contributed by atoms with Crippen molar-refractivity contribution >= 4 is 23.7 Å². The molecule has 8 nitrogen and oxygen atoms in total. The third-order valence-electron chi connectivity index (χ3n) is 2.83. The number of hydrogen-bond donors (Lipinski definition) is 1. The maximum Gasteiger partial charge on any atom is 0.334 e. The van der Waals surface area contributed by atoms with E-state index in [4.69, 9.17) is 0 Å². The van der Waals surface area contributed by atoms with E-state index in [1.807, 2.05) is 6.92 Å². The number of aromatic nitrogens is 2. The minimum atomic E-state index is -0.840. The van der Waals surface area contributed by atoms with Crippen LogP contribution in [0.5, 0.6) is 0 Å². The molecule has 2 rings (SSSR count). The van der Waals surface area contributed by atoms with Crippen molar-refractivity contribution in [2.45, 2.75) is 19.9 Å². The van der Waals surface area contributed by atoms with Crippen molar-refractivity contribution in [3.8, 4) is 0 Å². The Balaban J connectivity index is 2.05. The summed E-state index contributed by atoms with van der Waals surface area (Å²) in [7, 11) is 1.27. The molecule has 0 bridgehead atoms. The van der Waals surface area contributed by atoms with E-state index in [9.17, 15) is 14.4 Å². The number of rotatable bonds is 5. The molecule has 2 heterocycles. The molecule has 4 amide bonds. The molecule has 106 valence electrons. The van der Waals surface area contributed by atoms with Gasteiger partial charge in [0.15, 0.2) is 0 Å². The van der Waals surface area contributed by atoms with E-state index in [0.29, 0.717) is 11.5 Å². The minimum Gasteiger partial charge on any atom is -0.369 e. The third-order valence-corrected chi connectivity index (χ3v) is 2.83. The molecule has 0 saturated carbocycles. The van der Waals surface area contributed by atoms with Gasteiger partial charge in [0.2, 0.25) is 0 Å². The average molecular weight is 277 g/mol. The fourth-order valence-electron chi connectivity index (χ4n) is 1.70. The lowest BCUT2D eigenvalue weighted by Gasteiger charge is -2.12. The summed E-state index contributed by atoms with van der Waals surface area (Å²) in [5.41, 5.74) is 0.442. The highest BCUT2D eigenvalue weighted by Crippen LogP contribution is 2.13. The van der Waals surface area contributed by atoms with Gasteiger partial charge in [0.25, 0.3) is 0 Å². The monoisotopic (exact) mass is 277 g/mol. The Morgan fingerprint density at radius 2 is 1.90 bits per heavy atom.